The normalized spacial score (nSPS) is 18.0. The van der Waals surface area contributed by atoms with Gasteiger partial charge in [-0.2, -0.15) is 0 Å². The van der Waals surface area contributed by atoms with Crippen LogP contribution in [0.3, 0.4) is 0 Å². The van der Waals surface area contributed by atoms with Gasteiger partial charge >= 0.3 is 0 Å². The van der Waals surface area contributed by atoms with E-state index >= 15 is 0 Å². The predicted octanol–water partition coefficient (Wildman–Crippen LogP) is 6.98. The van der Waals surface area contributed by atoms with E-state index in [1.54, 1.807) is 14.2 Å². The molecule has 41 heavy (non-hydrogen) atoms. The number of hydrogen-bond donors (Lipinski definition) is 2. The SMILES string of the molecule is COc1cc(C2CCC(c3ccc(OCC(O)c4ccccc4)c(OC)c3)C2)ccc1OCC(O)c1ccccc1. The number of aliphatic hydroxyl groups excluding tert-OH is 2. The molecule has 4 aromatic carbocycles. The maximum Gasteiger partial charge on any atom is 0.161 e. The smallest absolute Gasteiger partial charge is 0.161 e. The van der Waals surface area contributed by atoms with Gasteiger partial charge in [0.1, 0.15) is 25.4 Å². The zero-order valence-corrected chi connectivity index (χ0v) is 23.6. The van der Waals surface area contributed by atoms with Crippen molar-refractivity contribution >= 4 is 0 Å². The number of ether oxygens (including phenoxy) is 4. The molecule has 214 valence electrons. The van der Waals surface area contributed by atoms with Crippen LogP contribution in [0.25, 0.3) is 0 Å². The van der Waals surface area contributed by atoms with Crippen molar-refractivity contribution < 1.29 is 29.2 Å². The summed E-state index contributed by atoms with van der Waals surface area (Å²) in [5.41, 5.74) is 4.09. The Morgan fingerprint density at radius 2 is 1.00 bits per heavy atom. The number of methoxy groups -OCH3 is 2. The van der Waals surface area contributed by atoms with Gasteiger partial charge < -0.3 is 29.2 Å². The largest absolute Gasteiger partial charge is 0.493 e. The molecule has 4 atom stereocenters. The van der Waals surface area contributed by atoms with Crippen LogP contribution in [0.4, 0.5) is 0 Å². The molecule has 1 aliphatic carbocycles. The summed E-state index contributed by atoms with van der Waals surface area (Å²) in [6, 6.07) is 31.2. The summed E-state index contributed by atoms with van der Waals surface area (Å²) in [6.07, 6.45) is 1.75. The van der Waals surface area contributed by atoms with Crippen molar-refractivity contribution in [3.8, 4) is 23.0 Å². The van der Waals surface area contributed by atoms with E-state index < -0.39 is 12.2 Å². The fraction of sp³-hybridized carbons (Fsp3) is 0.314. The number of hydrogen-bond acceptors (Lipinski definition) is 6. The number of benzene rings is 4. The molecule has 2 N–H and O–H groups in total. The maximum atomic E-state index is 10.5. The van der Waals surface area contributed by atoms with Gasteiger partial charge in [-0.3, -0.25) is 0 Å². The topological polar surface area (TPSA) is 77.4 Å². The third kappa shape index (κ3) is 7.02. The number of rotatable bonds is 12. The van der Waals surface area contributed by atoms with E-state index in [0.29, 0.717) is 34.8 Å². The van der Waals surface area contributed by atoms with Gasteiger partial charge in [-0.25, -0.2) is 0 Å². The summed E-state index contributed by atoms with van der Waals surface area (Å²) in [4.78, 5) is 0. The average Bonchev–Trinajstić information content (AvgIpc) is 3.53. The van der Waals surface area contributed by atoms with Crippen LogP contribution >= 0.6 is 0 Å². The highest BCUT2D eigenvalue weighted by molar-refractivity contribution is 5.46. The molecule has 5 rings (SSSR count). The highest BCUT2D eigenvalue weighted by Crippen LogP contribution is 2.46. The van der Waals surface area contributed by atoms with Crippen LogP contribution in [0.5, 0.6) is 23.0 Å². The van der Waals surface area contributed by atoms with Crippen LogP contribution in [0.15, 0.2) is 97.1 Å². The van der Waals surface area contributed by atoms with E-state index in [-0.39, 0.29) is 13.2 Å². The lowest BCUT2D eigenvalue weighted by atomic mass is 9.92. The van der Waals surface area contributed by atoms with Crippen molar-refractivity contribution in [2.45, 2.75) is 43.3 Å². The van der Waals surface area contributed by atoms with Gasteiger partial charge in [0.05, 0.1) is 14.2 Å². The molecule has 0 amide bonds. The molecule has 4 aromatic rings. The molecule has 0 radical (unpaired) electrons. The lowest BCUT2D eigenvalue weighted by Gasteiger charge is -2.18. The molecule has 0 aliphatic heterocycles. The lowest BCUT2D eigenvalue weighted by Crippen LogP contribution is -2.10. The first-order chi connectivity index (χ1) is 20.1. The summed E-state index contributed by atoms with van der Waals surface area (Å²) < 4.78 is 23.2. The minimum absolute atomic E-state index is 0.151. The van der Waals surface area contributed by atoms with E-state index in [0.717, 1.165) is 30.4 Å². The second-order valence-electron chi connectivity index (χ2n) is 10.5. The molecular formula is C35H38O6. The van der Waals surface area contributed by atoms with Crippen molar-refractivity contribution in [2.24, 2.45) is 0 Å². The second kappa shape index (κ2) is 13.6. The molecule has 6 heteroatoms. The molecule has 0 saturated heterocycles. The Hall–Kier alpha value is -4.00. The van der Waals surface area contributed by atoms with Gasteiger partial charge in [-0.15, -0.1) is 0 Å². The molecule has 0 heterocycles. The second-order valence-corrected chi connectivity index (χ2v) is 10.5. The van der Waals surface area contributed by atoms with Crippen molar-refractivity contribution in [3.05, 3.63) is 119 Å². The molecule has 4 unspecified atom stereocenters. The van der Waals surface area contributed by atoms with Crippen molar-refractivity contribution in [2.75, 3.05) is 27.4 Å². The standard InChI is InChI=1S/C35H38O6/c1-38-34-20-28(15-17-32(34)40-22-30(36)24-9-5-3-6-10-24)26-13-14-27(19-26)29-16-18-33(35(21-29)39-2)41-23-31(37)25-11-7-4-8-12-25/h3-12,15-18,20-21,26-27,30-31,36-37H,13-14,19,22-23H2,1-2H3. The quantitative estimate of drug-likeness (QED) is 0.197. The lowest BCUT2D eigenvalue weighted by molar-refractivity contribution is 0.106. The van der Waals surface area contributed by atoms with Gasteiger partial charge in [-0.05, 0) is 77.6 Å². The maximum absolute atomic E-state index is 10.5. The first-order valence-corrected chi connectivity index (χ1v) is 14.1. The van der Waals surface area contributed by atoms with Crippen LogP contribution in [0.2, 0.25) is 0 Å². The van der Waals surface area contributed by atoms with Gasteiger partial charge in [-0.1, -0.05) is 72.8 Å². The van der Waals surface area contributed by atoms with Crippen LogP contribution in [0.1, 0.15) is 65.6 Å². The van der Waals surface area contributed by atoms with Crippen LogP contribution in [-0.2, 0) is 0 Å². The molecule has 1 saturated carbocycles. The minimum Gasteiger partial charge on any atom is -0.493 e. The molecule has 6 nitrogen and oxygen atoms in total. The zero-order chi connectivity index (χ0) is 28.6. The van der Waals surface area contributed by atoms with Crippen LogP contribution in [-0.4, -0.2) is 37.6 Å². The Kier molecular flexibility index (Phi) is 9.44. The third-order valence-electron chi connectivity index (χ3n) is 7.91. The van der Waals surface area contributed by atoms with E-state index in [2.05, 4.69) is 24.3 Å². The molecular weight excluding hydrogens is 516 g/mol. The zero-order valence-electron chi connectivity index (χ0n) is 23.6. The van der Waals surface area contributed by atoms with E-state index in [4.69, 9.17) is 18.9 Å². The highest BCUT2D eigenvalue weighted by Gasteiger charge is 2.28. The Labute approximate surface area is 242 Å². The van der Waals surface area contributed by atoms with E-state index in [1.807, 2.05) is 72.8 Å². The monoisotopic (exact) mass is 554 g/mol. The average molecular weight is 555 g/mol. The van der Waals surface area contributed by atoms with Crippen molar-refractivity contribution in [1.82, 2.24) is 0 Å². The van der Waals surface area contributed by atoms with E-state index in [1.165, 1.54) is 11.1 Å². The van der Waals surface area contributed by atoms with Gasteiger partial charge in [0.25, 0.3) is 0 Å². The predicted molar refractivity (Wildman–Crippen MR) is 159 cm³/mol. The third-order valence-corrected chi connectivity index (χ3v) is 7.91. The highest BCUT2D eigenvalue weighted by atomic mass is 16.5. The van der Waals surface area contributed by atoms with E-state index in [9.17, 15) is 10.2 Å². The fourth-order valence-electron chi connectivity index (χ4n) is 5.58. The summed E-state index contributed by atoms with van der Waals surface area (Å²) in [7, 11) is 3.29. The van der Waals surface area contributed by atoms with Crippen LogP contribution in [0, 0.1) is 0 Å². The minimum atomic E-state index is -0.709. The van der Waals surface area contributed by atoms with Gasteiger partial charge in [0.15, 0.2) is 23.0 Å². The summed E-state index contributed by atoms with van der Waals surface area (Å²) in [6.45, 7) is 0.302. The first-order valence-electron chi connectivity index (χ1n) is 14.1. The summed E-state index contributed by atoms with van der Waals surface area (Å²) >= 11 is 0. The first kappa shape index (κ1) is 28.5. The molecule has 0 spiro atoms. The summed E-state index contributed by atoms with van der Waals surface area (Å²) in [5, 5.41) is 20.9. The molecule has 0 bridgehead atoms. The van der Waals surface area contributed by atoms with Crippen molar-refractivity contribution in [3.63, 3.8) is 0 Å². The van der Waals surface area contributed by atoms with Crippen LogP contribution < -0.4 is 18.9 Å². The molecule has 1 fully saturated rings. The molecule has 1 aliphatic rings. The Morgan fingerprint density at radius 1 is 0.585 bits per heavy atom. The van der Waals surface area contributed by atoms with Crippen molar-refractivity contribution in [1.29, 1.82) is 0 Å². The fourth-order valence-corrected chi connectivity index (χ4v) is 5.58. The Morgan fingerprint density at radius 3 is 1.39 bits per heavy atom. The number of aliphatic hydroxyl groups is 2. The summed E-state index contributed by atoms with van der Waals surface area (Å²) in [5.74, 6) is 3.40. The Bertz CT molecular complexity index is 1280. The molecule has 0 aromatic heterocycles. The van der Waals surface area contributed by atoms with Gasteiger partial charge in [0.2, 0.25) is 0 Å². The Balaban J connectivity index is 1.20. The van der Waals surface area contributed by atoms with Gasteiger partial charge in [0, 0.05) is 0 Å².